The summed E-state index contributed by atoms with van der Waals surface area (Å²) in [6.07, 6.45) is 5.63. The Morgan fingerprint density at radius 1 is 1.03 bits per heavy atom. The molecular weight excluding hydrogens is 376 g/mol. The van der Waals surface area contributed by atoms with Gasteiger partial charge >= 0.3 is 0 Å². The average molecular weight is 388 g/mol. The summed E-state index contributed by atoms with van der Waals surface area (Å²) in [5.41, 5.74) is 0.196. The number of aromatic nitrogens is 2. The third-order valence-corrected chi connectivity index (χ3v) is 4.40. The van der Waals surface area contributed by atoms with E-state index in [1.54, 1.807) is 12.1 Å². The van der Waals surface area contributed by atoms with E-state index in [0.29, 0.717) is 0 Å². The number of aliphatic hydroxyl groups is 1. The highest BCUT2D eigenvalue weighted by Crippen LogP contribution is 2.42. The predicted octanol–water partition coefficient (Wildman–Crippen LogP) is 3.00. The van der Waals surface area contributed by atoms with Crippen molar-refractivity contribution in [2.45, 2.75) is 0 Å². The van der Waals surface area contributed by atoms with Gasteiger partial charge in [0.1, 0.15) is 5.76 Å². The number of benzene rings is 1. The molecule has 0 saturated heterocycles. The number of pyridine rings is 2. The highest BCUT2D eigenvalue weighted by atomic mass is 16.6. The summed E-state index contributed by atoms with van der Waals surface area (Å²) in [6.45, 7) is 0. The molecule has 0 atom stereocenters. The zero-order valence-electron chi connectivity index (χ0n) is 14.7. The summed E-state index contributed by atoms with van der Waals surface area (Å²) in [4.78, 5) is 45.3. The Hall–Kier alpha value is -4.40. The lowest BCUT2D eigenvalue weighted by atomic mass is 10.0. The molecule has 3 aromatic rings. The van der Waals surface area contributed by atoms with Crippen molar-refractivity contribution in [3.63, 3.8) is 0 Å². The van der Waals surface area contributed by atoms with Crippen molar-refractivity contribution in [2.75, 3.05) is 4.90 Å². The third-order valence-electron chi connectivity index (χ3n) is 4.40. The van der Waals surface area contributed by atoms with Crippen LogP contribution in [0.4, 0.5) is 11.4 Å². The number of imide groups is 1. The van der Waals surface area contributed by atoms with Crippen molar-refractivity contribution in [1.82, 2.24) is 9.97 Å². The second-order valence-electron chi connectivity index (χ2n) is 6.11. The molecular formula is C20H12N4O5. The molecule has 0 unspecified atom stereocenters. The van der Waals surface area contributed by atoms with Gasteiger partial charge < -0.3 is 5.11 Å². The third kappa shape index (κ3) is 3.00. The summed E-state index contributed by atoms with van der Waals surface area (Å²) < 4.78 is 0. The topological polar surface area (TPSA) is 127 Å². The van der Waals surface area contributed by atoms with E-state index in [4.69, 9.17) is 0 Å². The number of rotatable bonds is 3. The Kier molecular flexibility index (Phi) is 4.32. The van der Waals surface area contributed by atoms with Gasteiger partial charge in [-0.2, -0.15) is 0 Å². The number of hydrogen-bond donors (Lipinski definition) is 1. The fourth-order valence-corrected chi connectivity index (χ4v) is 3.06. The van der Waals surface area contributed by atoms with Crippen LogP contribution >= 0.6 is 0 Å². The quantitative estimate of drug-likeness (QED) is 0.240. The van der Waals surface area contributed by atoms with Gasteiger partial charge in [0.05, 0.1) is 21.7 Å². The molecule has 1 N–H and O–H groups in total. The molecule has 2 aromatic heterocycles. The molecule has 1 aromatic carbocycles. The number of non-ortho nitro benzene ring substituents is 1. The highest BCUT2D eigenvalue weighted by molar-refractivity contribution is 6.44. The molecule has 0 bridgehead atoms. The van der Waals surface area contributed by atoms with Crippen LogP contribution in [0.15, 0.2) is 67.3 Å². The second kappa shape index (κ2) is 6.97. The first-order chi connectivity index (χ1) is 14.0. The number of fused-ring (bicyclic) bond motifs is 1. The predicted molar refractivity (Wildman–Crippen MR) is 103 cm³/mol. The normalized spacial score (nSPS) is 14.5. The molecule has 0 fully saturated rings. The van der Waals surface area contributed by atoms with Gasteiger partial charge in [0.25, 0.3) is 17.5 Å². The molecule has 3 heterocycles. The maximum absolute atomic E-state index is 13.1. The first-order valence-electron chi connectivity index (χ1n) is 8.40. The number of nitro benzene ring substituents is 1. The Bertz CT molecular complexity index is 1180. The molecule has 0 radical (unpaired) electrons. The van der Waals surface area contributed by atoms with Gasteiger partial charge in [-0.15, -0.1) is 0 Å². The lowest BCUT2D eigenvalue weighted by Crippen LogP contribution is -2.33. The maximum atomic E-state index is 13.1. The summed E-state index contributed by atoms with van der Waals surface area (Å²) in [5.74, 6) is -1.88. The fraction of sp³-hybridized carbons (Fsp3) is 0. The average Bonchev–Trinajstić information content (AvgIpc) is 3.04. The molecule has 9 nitrogen and oxygen atoms in total. The van der Waals surface area contributed by atoms with Crippen LogP contribution in [0, 0.1) is 10.1 Å². The van der Waals surface area contributed by atoms with E-state index in [0.717, 1.165) is 11.0 Å². The molecule has 29 heavy (non-hydrogen) atoms. The number of carbonyl (C=O) groups is 2. The van der Waals surface area contributed by atoms with Crippen LogP contribution in [0.3, 0.4) is 0 Å². The number of nitro groups is 1. The first kappa shape index (κ1) is 18.0. The van der Waals surface area contributed by atoms with Crippen LogP contribution in [0.1, 0.15) is 21.5 Å². The standard InChI is InChI=1S/C20H12N4O5/c25-18(12-3-1-7-21-10-12)17-15-6-5-14(24(28)29)9-16(15)23(20(17)27)19(26)13-4-2-8-22-11-13/h1-11,25H/b18-17-. The molecule has 1 aliphatic rings. The van der Waals surface area contributed by atoms with Gasteiger partial charge in [-0.1, -0.05) is 0 Å². The number of nitrogens with zero attached hydrogens (tertiary/aromatic N) is 4. The van der Waals surface area contributed by atoms with E-state index < -0.39 is 16.7 Å². The van der Waals surface area contributed by atoms with Crippen molar-refractivity contribution in [3.8, 4) is 0 Å². The number of carbonyl (C=O) groups excluding carboxylic acids is 2. The summed E-state index contributed by atoms with van der Waals surface area (Å²) in [6, 6.07) is 9.82. The molecule has 0 aliphatic carbocycles. The van der Waals surface area contributed by atoms with Crippen LogP contribution in [0.25, 0.3) is 11.3 Å². The molecule has 1 aliphatic heterocycles. The number of aliphatic hydroxyl groups excluding tert-OH is 1. The smallest absolute Gasteiger partial charge is 0.271 e. The lowest BCUT2D eigenvalue weighted by molar-refractivity contribution is -0.384. The van der Waals surface area contributed by atoms with Crippen molar-refractivity contribution in [3.05, 3.63) is 94.1 Å². The molecule has 0 saturated carbocycles. The molecule has 4 rings (SSSR count). The lowest BCUT2D eigenvalue weighted by Gasteiger charge is -2.14. The fourth-order valence-electron chi connectivity index (χ4n) is 3.06. The second-order valence-corrected chi connectivity index (χ2v) is 6.11. The molecule has 9 heteroatoms. The van der Waals surface area contributed by atoms with Gasteiger partial charge in [0, 0.05) is 48.0 Å². The van der Waals surface area contributed by atoms with Crippen molar-refractivity contribution < 1.29 is 19.6 Å². The van der Waals surface area contributed by atoms with Gasteiger partial charge in [-0.3, -0.25) is 29.7 Å². The minimum absolute atomic E-state index is 0.0171. The van der Waals surface area contributed by atoms with Crippen LogP contribution in [-0.4, -0.2) is 31.8 Å². The number of amides is 2. The summed E-state index contributed by atoms with van der Waals surface area (Å²) in [7, 11) is 0. The minimum atomic E-state index is -0.796. The highest BCUT2D eigenvalue weighted by Gasteiger charge is 2.40. The largest absolute Gasteiger partial charge is 0.506 e. The maximum Gasteiger partial charge on any atom is 0.271 e. The van der Waals surface area contributed by atoms with E-state index in [9.17, 15) is 24.8 Å². The molecule has 0 spiro atoms. The monoisotopic (exact) mass is 388 g/mol. The zero-order chi connectivity index (χ0) is 20.5. The van der Waals surface area contributed by atoms with Crippen LogP contribution in [0.2, 0.25) is 0 Å². The van der Waals surface area contributed by atoms with Gasteiger partial charge in [-0.25, -0.2) is 4.90 Å². The molecule has 142 valence electrons. The van der Waals surface area contributed by atoms with E-state index >= 15 is 0 Å². The van der Waals surface area contributed by atoms with Crippen LogP contribution in [-0.2, 0) is 4.79 Å². The van der Waals surface area contributed by atoms with Crippen LogP contribution < -0.4 is 4.90 Å². The van der Waals surface area contributed by atoms with Crippen molar-refractivity contribution in [1.29, 1.82) is 0 Å². The van der Waals surface area contributed by atoms with Gasteiger partial charge in [0.15, 0.2) is 0 Å². The van der Waals surface area contributed by atoms with E-state index in [1.165, 1.54) is 49.1 Å². The van der Waals surface area contributed by atoms with Gasteiger partial charge in [-0.05, 0) is 30.3 Å². The Balaban J connectivity index is 1.93. The van der Waals surface area contributed by atoms with E-state index in [1.807, 2.05) is 0 Å². The van der Waals surface area contributed by atoms with E-state index in [2.05, 4.69) is 9.97 Å². The summed E-state index contributed by atoms with van der Waals surface area (Å²) >= 11 is 0. The first-order valence-corrected chi connectivity index (χ1v) is 8.40. The summed E-state index contributed by atoms with van der Waals surface area (Å²) in [5, 5.41) is 21.9. The SMILES string of the molecule is O=C1/C(=C(\O)c2cccnc2)c2ccc([N+](=O)[O-])cc2N1C(=O)c1cccnc1. The van der Waals surface area contributed by atoms with E-state index in [-0.39, 0.29) is 39.4 Å². The Morgan fingerprint density at radius 2 is 1.69 bits per heavy atom. The van der Waals surface area contributed by atoms with Gasteiger partial charge in [0.2, 0.25) is 0 Å². The minimum Gasteiger partial charge on any atom is -0.506 e. The number of anilines is 1. The Morgan fingerprint density at radius 3 is 2.28 bits per heavy atom. The Labute approximate surface area is 163 Å². The van der Waals surface area contributed by atoms with Crippen molar-refractivity contribution in [2.24, 2.45) is 0 Å². The molecule has 2 amide bonds. The van der Waals surface area contributed by atoms with Crippen LogP contribution in [0.5, 0.6) is 0 Å². The van der Waals surface area contributed by atoms with Crippen molar-refractivity contribution >= 4 is 34.5 Å². The number of hydrogen-bond acceptors (Lipinski definition) is 7. The zero-order valence-corrected chi connectivity index (χ0v) is 14.7.